The topological polar surface area (TPSA) is 28.2 Å². The minimum absolute atomic E-state index is 0.195. The monoisotopic (exact) mass is 287 g/mol. The highest BCUT2D eigenvalue weighted by molar-refractivity contribution is 5.16. The van der Waals surface area contributed by atoms with Crippen LogP contribution in [-0.4, -0.2) is 23.5 Å². The van der Waals surface area contributed by atoms with Gasteiger partial charge in [-0.05, 0) is 43.4 Å². The lowest BCUT2D eigenvalue weighted by molar-refractivity contribution is 0.314. The first-order chi connectivity index (χ1) is 10.2. The number of aromatic nitrogens is 1. The number of pyridine rings is 1. The molecule has 0 unspecified atom stereocenters. The summed E-state index contributed by atoms with van der Waals surface area (Å²) in [4.78, 5) is 6.82. The van der Waals surface area contributed by atoms with Gasteiger partial charge in [-0.15, -0.1) is 0 Å². The first-order valence-corrected chi connectivity index (χ1v) is 7.26. The van der Waals surface area contributed by atoms with Crippen molar-refractivity contribution in [3.8, 4) is 0 Å². The van der Waals surface area contributed by atoms with Crippen LogP contribution in [0.4, 0.5) is 4.39 Å². The van der Waals surface area contributed by atoms with Crippen molar-refractivity contribution in [2.45, 2.75) is 26.6 Å². The molecule has 112 valence electrons. The normalized spacial score (nSPS) is 11.0. The van der Waals surface area contributed by atoms with E-state index in [1.807, 2.05) is 37.4 Å². The Hall–Kier alpha value is -1.78. The first kappa shape index (κ1) is 15.6. The van der Waals surface area contributed by atoms with Gasteiger partial charge in [0.25, 0.3) is 0 Å². The first-order valence-electron chi connectivity index (χ1n) is 7.26. The zero-order valence-corrected chi connectivity index (χ0v) is 12.6. The molecule has 2 aromatic rings. The second kappa shape index (κ2) is 7.86. The van der Waals surface area contributed by atoms with Crippen LogP contribution in [0.5, 0.6) is 0 Å². The summed E-state index contributed by atoms with van der Waals surface area (Å²) < 4.78 is 12.9. The van der Waals surface area contributed by atoms with Crippen LogP contribution in [0.15, 0.2) is 42.5 Å². The third-order valence-corrected chi connectivity index (χ3v) is 3.22. The van der Waals surface area contributed by atoms with Crippen molar-refractivity contribution in [1.82, 2.24) is 15.2 Å². The Bertz CT molecular complexity index is 554. The van der Waals surface area contributed by atoms with Gasteiger partial charge in [0, 0.05) is 19.6 Å². The van der Waals surface area contributed by atoms with Crippen LogP contribution < -0.4 is 5.32 Å². The molecule has 1 aromatic heterocycles. The van der Waals surface area contributed by atoms with Crippen LogP contribution in [0.1, 0.15) is 23.9 Å². The Morgan fingerprint density at radius 3 is 2.48 bits per heavy atom. The van der Waals surface area contributed by atoms with Gasteiger partial charge in [0.05, 0.1) is 11.4 Å². The molecule has 21 heavy (non-hydrogen) atoms. The van der Waals surface area contributed by atoms with Crippen molar-refractivity contribution in [2.75, 3.05) is 13.6 Å². The highest BCUT2D eigenvalue weighted by Crippen LogP contribution is 2.08. The van der Waals surface area contributed by atoms with E-state index in [4.69, 9.17) is 0 Å². The van der Waals surface area contributed by atoms with E-state index in [0.717, 1.165) is 43.1 Å². The number of rotatable bonds is 7. The van der Waals surface area contributed by atoms with E-state index >= 15 is 0 Å². The van der Waals surface area contributed by atoms with Gasteiger partial charge in [0.1, 0.15) is 5.82 Å². The molecule has 0 atom stereocenters. The maximum absolute atomic E-state index is 12.9. The molecular formula is C17H22FN3. The Morgan fingerprint density at radius 1 is 1.05 bits per heavy atom. The molecule has 0 amide bonds. The summed E-state index contributed by atoms with van der Waals surface area (Å²) in [6.07, 6.45) is 0. The molecule has 4 heteroatoms. The highest BCUT2D eigenvalue weighted by atomic mass is 19.1. The number of nitrogens with one attached hydrogen (secondary N) is 1. The number of hydrogen-bond acceptors (Lipinski definition) is 3. The van der Waals surface area contributed by atoms with E-state index < -0.39 is 0 Å². The van der Waals surface area contributed by atoms with Crippen LogP contribution >= 0.6 is 0 Å². The van der Waals surface area contributed by atoms with E-state index in [0.29, 0.717) is 0 Å². The summed E-state index contributed by atoms with van der Waals surface area (Å²) in [7, 11) is 2.04. The predicted molar refractivity (Wildman–Crippen MR) is 83.2 cm³/mol. The molecule has 0 radical (unpaired) electrons. The molecule has 2 rings (SSSR count). The molecule has 0 aliphatic carbocycles. The maximum Gasteiger partial charge on any atom is 0.123 e. The smallest absolute Gasteiger partial charge is 0.123 e. The number of halogens is 1. The van der Waals surface area contributed by atoms with E-state index in [1.165, 1.54) is 12.1 Å². The van der Waals surface area contributed by atoms with Crippen molar-refractivity contribution < 1.29 is 4.39 Å². The lowest BCUT2D eigenvalue weighted by Gasteiger charge is -2.16. The predicted octanol–water partition coefficient (Wildman–Crippen LogP) is 2.96. The molecule has 0 saturated carbocycles. The largest absolute Gasteiger partial charge is 0.311 e. The minimum Gasteiger partial charge on any atom is -0.311 e. The maximum atomic E-state index is 12.9. The zero-order chi connectivity index (χ0) is 15.1. The van der Waals surface area contributed by atoms with Crippen LogP contribution in [-0.2, 0) is 19.6 Å². The van der Waals surface area contributed by atoms with E-state index in [2.05, 4.69) is 22.1 Å². The van der Waals surface area contributed by atoms with E-state index in [-0.39, 0.29) is 5.82 Å². The summed E-state index contributed by atoms with van der Waals surface area (Å²) in [5.74, 6) is -0.195. The van der Waals surface area contributed by atoms with E-state index in [1.54, 1.807) is 0 Å². The molecule has 1 N–H and O–H groups in total. The van der Waals surface area contributed by atoms with E-state index in [9.17, 15) is 4.39 Å². The number of benzene rings is 1. The van der Waals surface area contributed by atoms with Gasteiger partial charge in [-0.2, -0.15) is 0 Å². The molecule has 3 nitrogen and oxygen atoms in total. The Kier molecular flexibility index (Phi) is 5.84. The molecule has 0 fully saturated rings. The quantitative estimate of drug-likeness (QED) is 0.848. The Labute approximate surface area is 125 Å². The highest BCUT2D eigenvalue weighted by Gasteiger charge is 2.04. The summed E-state index contributed by atoms with van der Waals surface area (Å²) in [5.41, 5.74) is 3.21. The molecule has 0 saturated heterocycles. The molecule has 0 aliphatic heterocycles. The van der Waals surface area contributed by atoms with Gasteiger partial charge >= 0.3 is 0 Å². The Morgan fingerprint density at radius 2 is 1.76 bits per heavy atom. The molecule has 1 heterocycles. The van der Waals surface area contributed by atoms with Gasteiger partial charge in [-0.3, -0.25) is 9.88 Å². The summed E-state index contributed by atoms with van der Waals surface area (Å²) in [6, 6.07) is 12.8. The summed E-state index contributed by atoms with van der Waals surface area (Å²) in [5, 5.41) is 3.28. The Balaban J connectivity index is 1.92. The van der Waals surface area contributed by atoms with Gasteiger partial charge in [0.2, 0.25) is 0 Å². The zero-order valence-electron chi connectivity index (χ0n) is 12.6. The summed E-state index contributed by atoms with van der Waals surface area (Å²) >= 11 is 0. The fraction of sp³-hybridized carbons (Fsp3) is 0.353. The second-order valence-electron chi connectivity index (χ2n) is 5.20. The van der Waals surface area contributed by atoms with Crippen LogP contribution in [0, 0.1) is 5.82 Å². The fourth-order valence-corrected chi connectivity index (χ4v) is 2.20. The van der Waals surface area contributed by atoms with Gasteiger partial charge in [-0.25, -0.2) is 4.39 Å². The molecule has 0 spiro atoms. The number of hydrogen-bond donors (Lipinski definition) is 1. The standard InChI is InChI=1S/C17H22FN3/c1-3-19-11-16-5-4-6-17(20-16)13-21(2)12-14-7-9-15(18)10-8-14/h4-10,19H,3,11-13H2,1-2H3. The number of nitrogens with zero attached hydrogens (tertiary/aromatic N) is 2. The lowest BCUT2D eigenvalue weighted by atomic mass is 10.2. The molecule has 0 aliphatic rings. The van der Waals surface area contributed by atoms with Gasteiger partial charge < -0.3 is 5.32 Å². The minimum atomic E-state index is -0.195. The van der Waals surface area contributed by atoms with Crippen molar-refractivity contribution in [3.63, 3.8) is 0 Å². The SMILES string of the molecule is CCNCc1cccc(CN(C)Cc2ccc(F)cc2)n1. The van der Waals surface area contributed by atoms with Crippen molar-refractivity contribution in [1.29, 1.82) is 0 Å². The average Bonchev–Trinajstić information content (AvgIpc) is 2.48. The lowest BCUT2D eigenvalue weighted by Crippen LogP contribution is -2.19. The van der Waals surface area contributed by atoms with Crippen LogP contribution in [0.25, 0.3) is 0 Å². The molecule has 1 aromatic carbocycles. The van der Waals surface area contributed by atoms with Crippen LogP contribution in [0.2, 0.25) is 0 Å². The molecule has 0 bridgehead atoms. The van der Waals surface area contributed by atoms with Gasteiger partial charge in [-0.1, -0.05) is 25.1 Å². The van der Waals surface area contributed by atoms with Gasteiger partial charge in [0.15, 0.2) is 0 Å². The average molecular weight is 287 g/mol. The van der Waals surface area contributed by atoms with Crippen molar-refractivity contribution in [3.05, 3.63) is 65.2 Å². The summed E-state index contributed by atoms with van der Waals surface area (Å²) in [6.45, 7) is 5.37. The molecular weight excluding hydrogens is 265 g/mol. The third kappa shape index (κ3) is 5.25. The fourth-order valence-electron chi connectivity index (χ4n) is 2.20. The second-order valence-corrected chi connectivity index (χ2v) is 5.20. The van der Waals surface area contributed by atoms with Crippen molar-refractivity contribution >= 4 is 0 Å². The van der Waals surface area contributed by atoms with Crippen LogP contribution in [0.3, 0.4) is 0 Å². The third-order valence-electron chi connectivity index (χ3n) is 3.22. The van der Waals surface area contributed by atoms with Crippen molar-refractivity contribution in [2.24, 2.45) is 0 Å².